The van der Waals surface area contributed by atoms with Crippen LogP contribution in [0, 0.1) is 0 Å². The number of rotatable bonds is 5. The predicted molar refractivity (Wildman–Crippen MR) is 71.7 cm³/mol. The molecule has 0 bridgehead atoms. The molecule has 0 radical (unpaired) electrons. The van der Waals surface area contributed by atoms with Gasteiger partial charge in [-0.15, -0.1) is 5.10 Å². The van der Waals surface area contributed by atoms with E-state index in [4.69, 9.17) is 4.74 Å². The maximum absolute atomic E-state index is 5.44. The Morgan fingerprint density at radius 3 is 3.00 bits per heavy atom. The first-order valence-corrected chi connectivity index (χ1v) is 6.76. The van der Waals surface area contributed by atoms with Gasteiger partial charge in [-0.2, -0.15) is 5.10 Å². The van der Waals surface area contributed by atoms with E-state index in [1.54, 1.807) is 0 Å². The van der Waals surface area contributed by atoms with E-state index in [-0.39, 0.29) is 0 Å². The zero-order chi connectivity index (χ0) is 12.6. The van der Waals surface area contributed by atoms with Crippen LogP contribution in [0.3, 0.4) is 0 Å². The quantitative estimate of drug-likeness (QED) is 0.796. The SMILES string of the molecule is CCCNCc1ccc(N2CCCOCC2)nn1. The first-order valence-electron chi connectivity index (χ1n) is 6.76. The molecule has 0 unspecified atom stereocenters. The third-order valence-electron chi connectivity index (χ3n) is 2.98. The van der Waals surface area contributed by atoms with E-state index < -0.39 is 0 Å². The van der Waals surface area contributed by atoms with Crippen molar-refractivity contribution >= 4 is 5.82 Å². The van der Waals surface area contributed by atoms with Crippen LogP contribution in [0.25, 0.3) is 0 Å². The van der Waals surface area contributed by atoms with Crippen molar-refractivity contribution in [3.63, 3.8) is 0 Å². The number of hydrogen-bond donors (Lipinski definition) is 1. The Labute approximate surface area is 109 Å². The molecule has 1 N–H and O–H groups in total. The van der Waals surface area contributed by atoms with Crippen LogP contribution in [0.4, 0.5) is 5.82 Å². The molecular weight excluding hydrogens is 228 g/mol. The smallest absolute Gasteiger partial charge is 0.151 e. The Morgan fingerprint density at radius 2 is 2.22 bits per heavy atom. The summed E-state index contributed by atoms with van der Waals surface area (Å²) in [5.74, 6) is 0.958. The van der Waals surface area contributed by atoms with E-state index in [2.05, 4.69) is 39.5 Å². The fraction of sp³-hybridized carbons (Fsp3) is 0.692. The van der Waals surface area contributed by atoms with Crippen molar-refractivity contribution < 1.29 is 4.74 Å². The standard InChI is InChI=1S/C13H22N4O/c1-2-6-14-11-12-4-5-13(16-15-12)17-7-3-9-18-10-8-17/h4-5,14H,2-3,6-11H2,1H3. The molecule has 0 spiro atoms. The zero-order valence-corrected chi connectivity index (χ0v) is 11.1. The molecular formula is C13H22N4O. The molecule has 18 heavy (non-hydrogen) atoms. The van der Waals surface area contributed by atoms with E-state index in [9.17, 15) is 0 Å². The summed E-state index contributed by atoms with van der Waals surface area (Å²) < 4.78 is 5.44. The number of ether oxygens (including phenoxy) is 1. The van der Waals surface area contributed by atoms with Crippen molar-refractivity contribution in [2.75, 3.05) is 37.7 Å². The number of nitrogens with one attached hydrogen (secondary N) is 1. The molecule has 5 heteroatoms. The highest BCUT2D eigenvalue weighted by Gasteiger charge is 2.11. The first kappa shape index (κ1) is 13.2. The topological polar surface area (TPSA) is 50.3 Å². The van der Waals surface area contributed by atoms with Crippen molar-refractivity contribution in [3.8, 4) is 0 Å². The van der Waals surface area contributed by atoms with Crippen molar-refractivity contribution in [1.29, 1.82) is 0 Å². The van der Waals surface area contributed by atoms with Crippen LogP contribution in [0.15, 0.2) is 12.1 Å². The summed E-state index contributed by atoms with van der Waals surface area (Å²) in [7, 11) is 0. The normalized spacial score (nSPS) is 16.6. The second-order valence-electron chi connectivity index (χ2n) is 4.51. The van der Waals surface area contributed by atoms with Gasteiger partial charge in [0.05, 0.1) is 12.3 Å². The molecule has 0 amide bonds. The van der Waals surface area contributed by atoms with Crippen molar-refractivity contribution in [2.24, 2.45) is 0 Å². The van der Waals surface area contributed by atoms with E-state index in [1.165, 1.54) is 0 Å². The minimum absolute atomic E-state index is 0.779. The number of nitrogens with zero attached hydrogens (tertiary/aromatic N) is 3. The fourth-order valence-electron chi connectivity index (χ4n) is 1.98. The second-order valence-corrected chi connectivity index (χ2v) is 4.51. The summed E-state index contributed by atoms with van der Waals surface area (Å²) in [5, 5.41) is 11.9. The fourth-order valence-corrected chi connectivity index (χ4v) is 1.98. The van der Waals surface area contributed by atoms with Crippen LogP contribution in [-0.2, 0) is 11.3 Å². The van der Waals surface area contributed by atoms with Gasteiger partial charge < -0.3 is 15.0 Å². The molecule has 2 rings (SSSR count). The molecule has 0 aliphatic carbocycles. The molecule has 1 saturated heterocycles. The van der Waals surface area contributed by atoms with Crippen LogP contribution in [0.5, 0.6) is 0 Å². The maximum atomic E-state index is 5.44. The number of hydrogen-bond acceptors (Lipinski definition) is 5. The Hall–Kier alpha value is -1.20. The molecule has 1 aromatic rings. The lowest BCUT2D eigenvalue weighted by atomic mass is 10.3. The predicted octanol–water partition coefficient (Wildman–Crippen LogP) is 1.20. The average Bonchev–Trinajstić information content (AvgIpc) is 2.69. The van der Waals surface area contributed by atoms with E-state index in [0.29, 0.717) is 0 Å². The van der Waals surface area contributed by atoms with Crippen LogP contribution < -0.4 is 10.2 Å². The van der Waals surface area contributed by atoms with Gasteiger partial charge in [-0.25, -0.2) is 0 Å². The minimum atomic E-state index is 0.779. The first-order chi connectivity index (χ1) is 8.90. The van der Waals surface area contributed by atoms with Crippen molar-refractivity contribution in [1.82, 2.24) is 15.5 Å². The molecule has 1 fully saturated rings. The van der Waals surface area contributed by atoms with E-state index >= 15 is 0 Å². The molecule has 1 aliphatic rings. The molecule has 0 atom stereocenters. The molecule has 5 nitrogen and oxygen atoms in total. The van der Waals surface area contributed by atoms with Crippen molar-refractivity contribution in [2.45, 2.75) is 26.3 Å². The summed E-state index contributed by atoms with van der Waals surface area (Å²) >= 11 is 0. The van der Waals surface area contributed by atoms with Crippen LogP contribution >= 0.6 is 0 Å². The summed E-state index contributed by atoms with van der Waals surface area (Å²) in [5.41, 5.74) is 0.998. The zero-order valence-electron chi connectivity index (χ0n) is 11.1. The Bertz CT molecular complexity index is 333. The summed E-state index contributed by atoms with van der Waals surface area (Å²) in [6.07, 6.45) is 2.20. The van der Waals surface area contributed by atoms with Gasteiger partial charge in [0.15, 0.2) is 5.82 Å². The summed E-state index contributed by atoms with van der Waals surface area (Å²) in [6.45, 7) is 7.51. The lowest BCUT2D eigenvalue weighted by Gasteiger charge is -2.19. The highest BCUT2D eigenvalue weighted by molar-refractivity contribution is 5.37. The molecule has 2 heterocycles. The van der Waals surface area contributed by atoms with Gasteiger partial charge in [0.1, 0.15) is 0 Å². The van der Waals surface area contributed by atoms with Crippen LogP contribution in [-0.4, -0.2) is 43.0 Å². The Balaban J connectivity index is 1.89. The summed E-state index contributed by atoms with van der Waals surface area (Å²) in [6, 6.07) is 4.11. The Morgan fingerprint density at radius 1 is 1.28 bits per heavy atom. The molecule has 0 saturated carbocycles. The van der Waals surface area contributed by atoms with E-state index in [0.717, 1.165) is 63.7 Å². The van der Waals surface area contributed by atoms with Crippen molar-refractivity contribution in [3.05, 3.63) is 17.8 Å². The monoisotopic (exact) mass is 250 g/mol. The van der Waals surface area contributed by atoms with E-state index in [1.807, 2.05) is 0 Å². The molecule has 1 aromatic heterocycles. The molecule has 1 aliphatic heterocycles. The minimum Gasteiger partial charge on any atom is -0.380 e. The van der Waals surface area contributed by atoms with Gasteiger partial charge in [-0.1, -0.05) is 6.92 Å². The average molecular weight is 250 g/mol. The van der Waals surface area contributed by atoms with Crippen LogP contribution in [0.1, 0.15) is 25.5 Å². The molecule has 100 valence electrons. The van der Waals surface area contributed by atoms with Crippen LogP contribution in [0.2, 0.25) is 0 Å². The third-order valence-corrected chi connectivity index (χ3v) is 2.98. The highest BCUT2D eigenvalue weighted by atomic mass is 16.5. The van der Waals surface area contributed by atoms with Gasteiger partial charge in [-0.3, -0.25) is 0 Å². The maximum Gasteiger partial charge on any atom is 0.151 e. The second kappa shape index (κ2) is 7.28. The third kappa shape index (κ3) is 3.92. The van der Waals surface area contributed by atoms with Gasteiger partial charge in [-0.05, 0) is 31.5 Å². The lowest BCUT2D eigenvalue weighted by Crippen LogP contribution is -2.27. The largest absolute Gasteiger partial charge is 0.380 e. The highest BCUT2D eigenvalue weighted by Crippen LogP contribution is 2.11. The Kier molecular flexibility index (Phi) is 5.36. The number of anilines is 1. The van der Waals surface area contributed by atoms with Gasteiger partial charge in [0.25, 0.3) is 0 Å². The van der Waals surface area contributed by atoms with Gasteiger partial charge in [0.2, 0.25) is 0 Å². The lowest BCUT2D eigenvalue weighted by molar-refractivity contribution is 0.152. The van der Waals surface area contributed by atoms with Gasteiger partial charge in [0, 0.05) is 26.2 Å². The van der Waals surface area contributed by atoms with Gasteiger partial charge >= 0.3 is 0 Å². The molecule has 0 aromatic carbocycles. The summed E-state index contributed by atoms with van der Waals surface area (Å²) in [4.78, 5) is 2.24. The number of aromatic nitrogens is 2.